The lowest BCUT2D eigenvalue weighted by atomic mass is 9.78. The highest BCUT2D eigenvalue weighted by Gasteiger charge is 2.39. The first-order chi connectivity index (χ1) is 10.2. The van der Waals surface area contributed by atoms with E-state index in [2.05, 4.69) is 30.5 Å². The second kappa shape index (κ2) is 7.10. The predicted octanol–water partition coefficient (Wildman–Crippen LogP) is 3.30. The number of hydrogen-bond acceptors (Lipinski definition) is 3. The predicted molar refractivity (Wildman–Crippen MR) is 88.6 cm³/mol. The average molecular weight is 288 g/mol. The van der Waals surface area contributed by atoms with Gasteiger partial charge in [-0.2, -0.15) is 0 Å². The molecule has 1 aliphatic rings. The van der Waals surface area contributed by atoms with Gasteiger partial charge in [0.25, 0.3) is 0 Å². The van der Waals surface area contributed by atoms with Crippen molar-refractivity contribution in [3.05, 3.63) is 42.5 Å². The number of benzene rings is 1. The Labute approximate surface area is 128 Å². The van der Waals surface area contributed by atoms with Crippen molar-refractivity contribution < 1.29 is 4.74 Å². The Balaban J connectivity index is 2.33. The van der Waals surface area contributed by atoms with Crippen molar-refractivity contribution in [2.24, 2.45) is 5.73 Å². The molecule has 2 atom stereocenters. The minimum Gasteiger partial charge on any atom is -0.497 e. The Morgan fingerprint density at radius 1 is 1.33 bits per heavy atom. The maximum absolute atomic E-state index is 6.90. The maximum atomic E-state index is 6.90. The third-order valence-corrected chi connectivity index (χ3v) is 4.67. The van der Waals surface area contributed by atoms with Crippen molar-refractivity contribution in [2.45, 2.75) is 44.2 Å². The van der Waals surface area contributed by atoms with E-state index in [9.17, 15) is 0 Å². The van der Waals surface area contributed by atoms with E-state index in [1.165, 1.54) is 18.4 Å². The molecule has 21 heavy (non-hydrogen) atoms. The molecule has 1 fully saturated rings. The van der Waals surface area contributed by atoms with E-state index in [4.69, 9.17) is 10.5 Å². The quantitative estimate of drug-likeness (QED) is 0.782. The van der Waals surface area contributed by atoms with Crippen LogP contribution in [0.25, 0.3) is 0 Å². The Morgan fingerprint density at radius 3 is 2.43 bits per heavy atom. The Bertz CT molecular complexity index is 451. The number of nitrogens with two attached hydrogens (primary N) is 1. The summed E-state index contributed by atoms with van der Waals surface area (Å²) in [5, 5.41) is 0. The van der Waals surface area contributed by atoms with Crippen molar-refractivity contribution in [3.63, 3.8) is 0 Å². The van der Waals surface area contributed by atoms with Gasteiger partial charge in [0, 0.05) is 6.04 Å². The minimum absolute atomic E-state index is 0.353. The third kappa shape index (κ3) is 3.30. The summed E-state index contributed by atoms with van der Waals surface area (Å²) in [6, 6.07) is 8.54. The highest BCUT2D eigenvalue weighted by atomic mass is 16.5. The molecule has 3 heteroatoms. The topological polar surface area (TPSA) is 38.5 Å². The summed E-state index contributed by atoms with van der Waals surface area (Å²) in [4.78, 5) is 2.55. The number of ether oxygens (including phenoxy) is 1. The standard InChI is InChI=1S/C18H28N2O/c1-4-12-18(19,15-8-10-16(21-3)11-9-15)17(5-2)20-13-6-7-14-20/h4,8-11,17H,1,5-7,12-14,19H2,2-3H3. The SMILES string of the molecule is C=CCC(N)(c1ccc(OC)cc1)C(CC)N1CCCC1. The summed E-state index contributed by atoms with van der Waals surface area (Å²) in [6.45, 7) is 8.47. The van der Waals surface area contributed by atoms with Crippen molar-refractivity contribution in [2.75, 3.05) is 20.2 Å². The molecule has 0 aromatic heterocycles. The number of nitrogens with zero attached hydrogens (tertiary/aromatic N) is 1. The first-order valence-electron chi connectivity index (χ1n) is 7.94. The zero-order valence-corrected chi connectivity index (χ0v) is 13.3. The zero-order chi connectivity index (χ0) is 15.3. The molecular weight excluding hydrogens is 260 g/mol. The monoisotopic (exact) mass is 288 g/mol. The van der Waals surface area contributed by atoms with Gasteiger partial charge in [0.05, 0.1) is 12.6 Å². The number of methoxy groups -OCH3 is 1. The van der Waals surface area contributed by atoms with Gasteiger partial charge in [-0.25, -0.2) is 0 Å². The normalized spacial score (nSPS) is 20.0. The average Bonchev–Trinajstić information content (AvgIpc) is 3.02. The summed E-state index contributed by atoms with van der Waals surface area (Å²) in [5.41, 5.74) is 7.69. The Hall–Kier alpha value is -1.32. The third-order valence-electron chi connectivity index (χ3n) is 4.67. The van der Waals surface area contributed by atoms with Crippen LogP contribution in [-0.4, -0.2) is 31.1 Å². The maximum Gasteiger partial charge on any atom is 0.118 e. The fourth-order valence-electron chi connectivity index (χ4n) is 3.59. The summed E-state index contributed by atoms with van der Waals surface area (Å²) in [6.07, 6.45) is 6.35. The fraction of sp³-hybridized carbons (Fsp3) is 0.556. The van der Waals surface area contributed by atoms with Crippen LogP contribution in [0.5, 0.6) is 5.75 Å². The van der Waals surface area contributed by atoms with Crippen LogP contribution in [0.4, 0.5) is 0 Å². The molecule has 0 amide bonds. The van der Waals surface area contributed by atoms with E-state index >= 15 is 0 Å². The molecule has 0 saturated carbocycles. The highest BCUT2D eigenvalue weighted by Crippen LogP contribution is 2.34. The smallest absolute Gasteiger partial charge is 0.118 e. The van der Waals surface area contributed by atoms with E-state index < -0.39 is 0 Å². The van der Waals surface area contributed by atoms with Crippen LogP contribution in [-0.2, 0) is 5.54 Å². The zero-order valence-electron chi connectivity index (χ0n) is 13.3. The largest absolute Gasteiger partial charge is 0.497 e. The van der Waals surface area contributed by atoms with Crippen LogP contribution in [0.15, 0.2) is 36.9 Å². The molecule has 2 unspecified atom stereocenters. The lowest BCUT2D eigenvalue weighted by Gasteiger charge is -2.42. The summed E-state index contributed by atoms with van der Waals surface area (Å²) in [7, 11) is 1.69. The highest BCUT2D eigenvalue weighted by molar-refractivity contribution is 5.33. The molecule has 0 spiro atoms. The molecule has 1 saturated heterocycles. The second-order valence-corrected chi connectivity index (χ2v) is 5.93. The van der Waals surface area contributed by atoms with Crippen molar-refractivity contribution in [1.29, 1.82) is 0 Å². The molecule has 0 radical (unpaired) electrons. The van der Waals surface area contributed by atoms with Crippen molar-refractivity contribution >= 4 is 0 Å². The lowest BCUT2D eigenvalue weighted by Crippen LogP contribution is -2.55. The van der Waals surface area contributed by atoms with E-state index in [-0.39, 0.29) is 5.54 Å². The van der Waals surface area contributed by atoms with Crippen LogP contribution < -0.4 is 10.5 Å². The molecule has 116 valence electrons. The molecule has 0 aliphatic carbocycles. The van der Waals surface area contributed by atoms with Gasteiger partial charge in [-0.15, -0.1) is 6.58 Å². The van der Waals surface area contributed by atoms with Gasteiger partial charge in [-0.05, 0) is 56.5 Å². The second-order valence-electron chi connectivity index (χ2n) is 5.93. The van der Waals surface area contributed by atoms with Crippen LogP contribution >= 0.6 is 0 Å². The van der Waals surface area contributed by atoms with Crippen molar-refractivity contribution in [3.8, 4) is 5.75 Å². The molecule has 2 rings (SSSR count). The molecule has 3 nitrogen and oxygen atoms in total. The van der Waals surface area contributed by atoms with Gasteiger partial charge < -0.3 is 10.5 Å². The van der Waals surface area contributed by atoms with Crippen molar-refractivity contribution in [1.82, 2.24) is 4.90 Å². The molecule has 1 aromatic rings. The van der Waals surface area contributed by atoms with Gasteiger partial charge in [-0.1, -0.05) is 25.1 Å². The van der Waals surface area contributed by atoms with Gasteiger partial charge >= 0.3 is 0 Å². The first kappa shape index (κ1) is 16.1. The van der Waals surface area contributed by atoms with Crippen LogP contribution in [0.2, 0.25) is 0 Å². The van der Waals surface area contributed by atoms with Gasteiger partial charge in [0.2, 0.25) is 0 Å². The van der Waals surface area contributed by atoms with E-state index in [0.717, 1.165) is 31.7 Å². The van der Waals surface area contributed by atoms with E-state index in [1.807, 2.05) is 18.2 Å². The lowest BCUT2D eigenvalue weighted by molar-refractivity contribution is 0.141. The molecular formula is C18H28N2O. The molecule has 1 aliphatic heterocycles. The van der Waals surface area contributed by atoms with Crippen LogP contribution in [0.1, 0.15) is 38.2 Å². The summed E-state index contributed by atoms with van der Waals surface area (Å²) >= 11 is 0. The number of hydrogen-bond donors (Lipinski definition) is 1. The van der Waals surface area contributed by atoms with Gasteiger partial charge in [-0.3, -0.25) is 4.90 Å². The van der Waals surface area contributed by atoms with Gasteiger partial charge in [0.15, 0.2) is 0 Å². The first-order valence-corrected chi connectivity index (χ1v) is 7.94. The summed E-state index contributed by atoms with van der Waals surface area (Å²) in [5.74, 6) is 0.869. The van der Waals surface area contributed by atoms with Gasteiger partial charge in [0.1, 0.15) is 5.75 Å². The Morgan fingerprint density at radius 2 is 1.95 bits per heavy atom. The summed E-state index contributed by atoms with van der Waals surface area (Å²) < 4.78 is 5.26. The molecule has 1 aromatic carbocycles. The van der Waals surface area contributed by atoms with E-state index in [0.29, 0.717) is 6.04 Å². The van der Waals surface area contributed by atoms with Crippen LogP contribution in [0, 0.1) is 0 Å². The number of likely N-dealkylation sites (tertiary alicyclic amines) is 1. The molecule has 1 heterocycles. The Kier molecular flexibility index (Phi) is 5.43. The van der Waals surface area contributed by atoms with E-state index in [1.54, 1.807) is 7.11 Å². The number of rotatable bonds is 7. The minimum atomic E-state index is -0.382. The fourth-order valence-corrected chi connectivity index (χ4v) is 3.59. The molecule has 0 bridgehead atoms. The van der Waals surface area contributed by atoms with Crippen LogP contribution in [0.3, 0.4) is 0 Å². The molecule has 2 N–H and O–H groups in total.